The number of benzene rings is 7. The van der Waals surface area contributed by atoms with Crippen LogP contribution in [-0.2, 0) is 6.42 Å². The summed E-state index contributed by atoms with van der Waals surface area (Å²) in [7, 11) is 0. The molecule has 2 N–H and O–H groups in total. The van der Waals surface area contributed by atoms with E-state index >= 15 is 0 Å². The molecule has 0 radical (unpaired) electrons. The Labute approximate surface area is 432 Å². The Kier molecular flexibility index (Phi) is 11.2. The van der Waals surface area contributed by atoms with Gasteiger partial charge < -0.3 is 10.6 Å². The molecule has 0 saturated carbocycles. The van der Waals surface area contributed by atoms with Gasteiger partial charge in [-0.3, -0.25) is 34.3 Å². The number of ketones is 1. The number of amides is 2. The molecule has 0 aliphatic carbocycles. The van der Waals surface area contributed by atoms with Crippen molar-refractivity contribution in [2.75, 3.05) is 10.6 Å². The Hall–Kier alpha value is -10.3. The molecule has 0 saturated heterocycles. The summed E-state index contributed by atoms with van der Waals surface area (Å²) in [6.45, 7) is 0. The maximum absolute atomic E-state index is 14.2. The molecule has 18 heterocycles. The standard InChI is InChI=1S/C66H42N6O3/c73-64-31-40-13-27-62(67-36-40)63-30-21-44(39-70-63)53-8-2-1-7-52(53)43-18-26-58-56-11-5-3-9-54(56)45-19-28-60(68-37-45)41-14-22-50(23-15-41)71-65(74)48-32-47(64)33-49(34-48)66(75)72-51-24-16-42(17-25-51)61-29-20-46(38-69-61)55-10-4-6-12-57(55)59(58)35-43/h1-30,32-39H,31H2,(H,71,74)(H,72,75). The summed E-state index contributed by atoms with van der Waals surface area (Å²) in [6, 6.07) is 67.5. The minimum atomic E-state index is -0.483. The van der Waals surface area contributed by atoms with Gasteiger partial charge in [-0.15, -0.1) is 0 Å². The van der Waals surface area contributed by atoms with Crippen molar-refractivity contribution < 1.29 is 14.4 Å². The molecule has 9 heteroatoms. The van der Waals surface area contributed by atoms with E-state index in [4.69, 9.17) is 19.9 Å². The number of carbonyl (C=O) groups is 3. The van der Waals surface area contributed by atoms with Crippen molar-refractivity contribution in [1.82, 2.24) is 19.9 Å². The van der Waals surface area contributed by atoms with Gasteiger partial charge in [-0.25, -0.2) is 0 Å². The topological polar surface area (TPSA) is 127 Å². The number of aromatic nitrogens is 4. The van der Waals surface area contributed by atoms with Crippen molar-refractivity contribution in [3.63, 3.8) is 0 Å². The van der Waals surface area contributed by atoms with Crippen molar-refractivity contribution in [3.8, 4) is 101 Å². The third-order valence-corrected chi connectivity index (χ3v) is 14.0. The van der Waals surface area contributed by atoms with Gasteiger partial charge in [-0.2, -0.15) is 0 Å². The van der Waals surface area contributed by atoms with Gasteiger partial charge in [0.2, 0.25) is 0 Å². The fourth-order valence-electron chi connectivity index (χ4n) is 10.1. The van der Waals surface area contributed by atoms with E-state index in [2.05, 4.69) is 120 Å². The maximum atomic E-state index is 14.2. The second-order valence-corrected chi connectivity index (χ2v) is 18.7. The second-order valence-electron chi connectivity index (χ2n) is 18.7. The maximum Gasteiger partial charge on any atom is 0.255 e. The van der Waals surface area contributed by atoms with Crippen LogP contribution >= 0.6 is 0 Å². The molecule has 17 bridgehead atoms. The quantitative estimate of drug-likeness (QED) is 0.155. The summed E-state index contributed by atoms with van der Waals surface area (Å²) in [5.41, 5.74) is 19.0. The molecule has 11 aromatic rings. The molecule has 0 spiro atoms. The van der Waals surface area contributed by atoms with Crippen molar-refractivity contribution >= 4 is 29.0 Å². The molecule has 25 rings (SSSR count). The highest BCUT2D eigenvalue weighted by Gasteiger charge is 2.21. The second kappa shape index (κ2) is 18.7. The van der Waals surface area contributed by atoms with Crippen LogP contribution in [-0.4, -0.2) is 37.5 Å². The molecule has 7 aromatic carbocycles. The number of carbonyl (C=O) groups excluding carboxylic acids is 3. The molecule has 9 nitrogen and oxygen atoms in total. The molecule has 354 valence electrons. The number of hydrogen-bond acceptors (Lipinski definition) is 7. The summed E-state index contributed by atoms with van der Waals surface area (Å²) in [6.07, 6.45) is 7.35. The van der Waals surface area contributed by atoms with Crippen molar-refractivity contribution in [2.45, 2.75) is 6.42 Å². The highest BCUT2D eigenvalue weighted by molar-refractivity contribution is 6.12. The Morgan fingerprint density at radius 3 is 1.12 bits per heavy atom. The highest BCUT2D eigenvalue weighted by atomic mass is 16.2. The third-order valence-electron chi connectivity index (χ3n) is 14.0. The predicted octanol–water partition coefficient (Wildman–Crippen LogP) is 14.8. The van der Waals surface area contributed by atoms with Crippen LogP contribution in [0.4, 0.5) is 11.4 Å². The third kappa shape index (κ3) is 8.64. The number of rotatable bonds is 0. The normalized spacial score (nSPS) is 12.5. The zero-order valence-corrected chi connectivity index (χ0v) is 40.2. The van der Waals surface area contributed by atoms with Crippen LogP contribution in [0.1, 0.15) is 36.6 Å². The van der Waals surface area contributed by atoms with Crippen LogP contribution < -0.4 is 10.6 Å². The zero-order valence-electron chi connectivity index (χ0n) is 40.2. The zero-order chi connectivity index (χ0) is 50.4. The molecule has 75 heavy (non-hydrogen) atoms. The van der Waals surface area contributed by atoms with Crippen LogP contribution in [0.25, 0.3) is 101 Å². The van der Waals surface area contributed by atoms with E-state index < -0.39 is 11.8 Å². The molecular weight excluding hydrogens is 925 g/mol. The predicted molar refractivity (Wildman–Crippen MR) is 297 cm³/mol. The van der Waals surface area contributed by atoms with Gasteiger partial charge in [0.05, 0.1) is 22.8 Å². The average Bonchev–Trinajstić information content (AvgIpc) is 3.47. The average molecular weight is 967 g/mol. The summed E-state index contributed by atoms with van der Waals surface area (Å²) in [5, 5.41) is 5.95. The summed E-state index contributed by atoms with van der Waals surface area (Å²) >= 11 is 0. The van der Waals surface area contributed by atoms with Crippen LogP contribution in [0.2, 0.25) is 0 Å². The lowest BCUT2D eigenvalue weighted by atomic mass is 9.84. The smallest absolute Gasteiger partial charge is 0.255 e. The summed E-state index contributed by atoms with van der Waals surface area (Å²) in [4.78, 5) is 62.0. The summed E-state index contributed by atoms with van der Waals surface area (Å²) < 4.78 is 0. The summed E-state index contributed by atoms with van der Waals surface area (Å²) in [5.74, 6) is -1.25. The first-order valence-electron chi connectivity index (χ1n) is 24.6. The Morgan fingerprint density at radius 2 is 0.653 bits per heavy atom. The molecule has 0 atom stereocenters. The van der Waals surface area contributed by atoms with Gasteiger partial charge in [0.25, 0.3) is 11.8 Å². The Bertz CT molecular complexity index is 4040. The fraction of sp³-hybridized carbons (Fsp3) is 0.0152. The number of Topliss-reactive ketones (excluding diaryl/α,β-unsaturated/α-hetero) is 1. The largest absolute Gasteiger partial charge is 0.322 e. The van der Waals surface area contributed by atoms with Gasteiger partial charge in [0, 0.05) is 87.1 Å². The molecule has 2 amide bonds. The van der Waals surface area contributed by atoms with Gasteiger partial charge in [0.1, 0.15) is 0 Å². The number of anilines is 2. The van der Waals surface area contributed by atoms with Crippen molar-refractivity contribution in [1.29, 1.82) is 0 Å². The van der Waals surface area contributed by atoms with E-state index in [1.54, 1.807) is 6.20 Å². The minimum Gasteiger partial charge on any atom is -0.322 e. The Balaban J connectivity index is 1.04. The fourth-order valence-corrected chi connectivity index (χ4v) is 10.1. The lowest BCUT2D eigenvalue weighted by molar-refractivity contribution is 0.0992. The first kappa shape index (κ1) is 44.7. The van der Waals surface area contributed by atoms with Gasteiger partial charge in [-0.1, -0.05) is 133 Å². The highest BCUT2D eigenvalue weighted by Crippen LogP contribution is 2.45. The Morgan fingerprint density at radius 1 is 0.280 bits per heavy atom. The molecule has 4 aromatic heterocycles. The molecule has 0 unspecified atom stereocenters. The SMILES string of the molecule is O=C1Cc2ccc(nc2)-c2ccc(cn2)-c2ccccc2-c2ccc3c(c2)-c2ccccc2-c2ccc(nc2)-c2ccc(cc2)NC(=O)c2cc1cc(c2)C(=O)Nc1ccc(cc1)-c1ccc(cn1)-c1ccccc1-3. The molecule has 0 fully saturated rings. The van der Waals surface area contributed by atoms with E-state index in [-0.39, 0.29) is 28.9 Å². The van der Waals surface area contributed by atoms with E-state index in [9.17, 15) is 14.4 Å². The van der Waals surface area contributed by atoms with Crippen molar-refractivity contribution in [2.24, 2.45) is 0 Å². The van der Waals surface area contributed by atoms with E-state index in [0.29, 0.717) is 28.3 Å². The van der Waals surface area contributed by atoms with Crippen LogP contribution in [0, 0.1) is 0 Å². The number of nitrogens with one attached hydrogen (secondary N) is 2. The first-order chi connectivity index (χ1) is 36.8. The van der Waals surface area contributed by atoms with E-state index in [0.717, 1.165) is 89.3 Å². The van der Waals surface area contributed by atoms with Crippen LogP contribution in [0.5, 0.6) is 0 Å². The van der Waals surface area contributed by atoms with E-state index in [1.807, 2.05) is 97.5 Å². The molecule has 14 aliphatic rings. The lowest BCUT2D eigenvalue weighted by Crippen LogP contribution is -2.18. The number of pyridine rings is 4. The van der Waals surface area contributed by atoms with E-state index in [1.165, 1.54) is 18.2 Å². The number of hydrogen-bond donors (Lipinski definition) is 2. The molecule has 14 aliphatic heterocycles. The van der Waals surface area contributed by atoms with Gasteiger partial charge >= 0.3 is 0 Å². The first-order valence-corrected chi connectivity index (χ1v) is 24.6. The minimum absolute atomic E-state index is 0.0180. The van der Waals surface area contributed by atoms with Gasteiger partial charge in [-0.05, 0) is 128 Å². The lowest BCUT2D eigenvalue weighted by Gasteiger charge is -2.19. The van der Waals surface area contributed by atoms with Crippen molar-refractivity contribution in [3.05, 3.63) is 253 Å². The molecular formula is C66H42N6O3. The monoisotopic (exact) mass is 966 g/mol. The number of nitrogens with zero attached hydrogens (tertiary/aromatic N) is 4. The van der Waals surface area contributed by atoms with Crippen LogP contribution in [0.3, 0.4) is 0 Å². The van der Waals surface area contributed by atoms with Crippen LogP contribution in [0.15, 0.2) is 231 Å². The van der Waals surface area contributed by atoms with Gasteiger partial charge in [0.15, 0.2) is 5.78 Å².